The van der Waals surface area contributed by atoms with Gasteiger partial charge in [-0.05, 0) is 23.8 Å². The second kappa shape index (κ2) is 5.20. The molecule has 0 aliphatic carbocycles. The zero-order chi connectivity index (χ0) is 14.9. The monoisotopic (exact) mass is 303 g/mol. The normalized spacial score (nSPS) is 19.8. The van der Waals surface area contributed by atoms with Crippen LogP contribution in [0.25, 0.3) is 5.57 Å². The molecule has 7 heteroatoms. The van der Waals surface area contributed by atoms with Crippen molar-refractivity contribution in [1.82, 2.24) is 0 Å². The van der Waals surface area contributed by atoms with Crippen LogP contribution in [-0.2, 0) is 15.7 Å². The summed E-state index contributed by atoms with van der Waals surface area (Å²) in [6.45, 7) is 0. The van der Waals surface area contributed by atoms with E-state index in [1.807, 2.05) is 0 Å². The first-order chi connectivity index (χ1) is 9.34. The van der Waals surface area contributed by atoms with Crippen LogP contribution in [0.5, 0.6) is 0 Å². The van der Waals surface area contributed by atoms with Gasteiger partial charge in [-0.3, -0.25) is 4.79 Å². The van der Waals surface area contributed by atoms with Crippen molar-refractivity contribution in [2.75, 3.05) is 0 Å². The van der Waals surface area contributed by atoms with Gasteiger partial charge in [0.15, 0.2) is 12.0 Å². The number of carbonyl (C=O) groups excluding carboxylic acids is 1. The summed E-state index contributed by atoms with van der Waals surface area (Å²) in [5.74, 6) is -0.743. The van der Waals surface area contributed by atoms with Gasteiger partial charge in [0.1, 0.15) is 0 Å². The van der Waals surface area contributed by atoms with Crippen molar-refractivity contribution in [3.8, 4) is 0 Å². The van der Waals surface area contributed by atoms with Crippen LogP contribution in [0, 0.1) is 0 Å². The second-order valence-corrected chi connectivity index (χ2v) is 4.29. The lowest BCUT2D eigenvalue weighted by Crippen LogP contribution is -2.15. The van der Waals surface area contributed by atoms with Crippen LogP contribution >= 0.6 is 11.6 Å². The number of rotatable bonds is 2. The molecule has 106 valence electrons. The molecule has 2 N–H and O–H groups in total. The van der Waals surface area contributed by atoms with Gasteiger partial charge in [0.2, 0.25) is 5.78 Å². The van der Waals surface area contributed by atoms with Crippen LogP contribution in [0.15, 0.2) is 41.8 Å². The van der Waals surface area contributed by atoms with E-state index in [0.29, 0.717) is 0 Å². The average Bonchev–Trinajstić information content (AvgIpc) is 2.64. The van der Waals surface area contributed by atoms with Gasteiger partial charge < -0.3 is 10.5 Å². The highest BCUT2D eigenvalue weighted by molar-refractivity contribution is 6.28. The van der Waals surface area contributed by atoms with Crippen molar-refractivity contribution in [2.24, 2.45) is 5.73 Å². The minimum atomic E-state index is -4.50. The van der Waals surface area contributed by atoms with E-state index in [9.17, 15) is 18.0 Å². The van der Waals surface area contributed by atoms with Crippen molar-refractivity contribution in [2.45, 2.75) is 12.3 Å². The minimum absolute atomic E-state index is 0.0628. The molecule has 1 atom stereocenters. The number of Topliss-reactive ketones (excluding diaryl/α,β-unsaturated/α-hetero) is 1. The summed E-state index contributed by atoms with van der Waals surface area (Å²) in [4.78, 5) is 12.0. The van der Waals surface area contributed by atoms with Crippen LogP contribution in [0.2, 0.25) is 0 Å². The molecule has 1 aliphatic heterocycles. The molecular formula is C13H9ClF3NO2. The van der Waals surface area contributed by atoms with E-state index >= 15 is 0 Å². The van der Waals surface area contributed by atoms with Gasteiger partial charge in [0.05, 0.1) is 11.1 Å². The molecule has 3 nitrogen and oxygen atoms in total. The quantitative estimate of drug-likeness (QED) is 0.913. The van der Waals surface area contributed by atoms with Gasteiger partial charge in [-0.15, -0.1) is 0 Å². The fourth-order valence-corrected chi connectivity index (χ4v) is 1.97. The number of alkyl halides is 3. The first kappa shape index (κ1) is 14.5. The van der Waals surface area contributed by atoms with Gasteiger partial charge in [-0.1, -0.05) is 23.7 Å². The Kier molecular flexibility index (Phi) is 3.76. The zero-order valence-electron chi connectivity index (χ0n) is 9.95. The van der Waals surface area contributed by atoms with Gasteiger partial charge >= 0.3 is 6.18 Å². The molecular weight excluding hydrogens is 295 g/mol. The number of carbonyl (C=O) groups is 1. The van der Waals surface area contributed by atoms with Crippen LogP contribution in [0.4, 0.5) is 13.2 Å². The molecule has 1 aliphatic rings. The summed E-state index contributed by atoms with van der Waals surface area (Å²) in [5.41, 5.74) is 5.78. The van der Waals surface area contributed by atoms with Gasteiger partial charge in [-0.25, -0.2) is 0 Å². The molecule has 0 aromatic heterocycles. The molecule has 0 spiro atoms. The summed E-state index contributed by atoms with van der Waals surface area (Å²) >= 11 is 5.35. The van der Waals surface area contributed by atoms with Crippen molar-refractivity contribution in [3.63, 3.8) is 0 Å². The Balaban J connectivity index is 2.42. The molecule has 0 radical (unpaired) electrons. The highest BCUT2D eigenvalue weighted by Gasteiger charge is 2.35. The number of benzene rings is 1. The van der Waals surface area contributed by atoms with Crippen molar-refractivity contribution in [1.29, 1.82) is 0 Å². The third-order valence-corrected chi connectivity index (χ3v) is 2.88. The lowest BCUT2D eigenvalue weighted by atomic mass is 9.98. The molecule has 0 bridgehead atoms. The molecule has 0 amide bonds. The average molecular weight is 304 g/mol. The fourth-order valence-electron chi connectivity index (χ4n) is 1.84. The number of ether oxygens (including phenoxy) is 1. The standard InChI is InChI=1S/C13H9ClF3NO2/c14-5-4-9-11(19)10(12(18)20-9)7-2-1-3-8(6-7)13(15,16)17/h1-6,9H,18H2. The van der Waals surface area contributed by atoms with E-state index in [4.69, 9.17) is 22.1 Å². The maximum absolute atomic E-state index is 12.7. The first-order valence-electron chi connectivity index (χ1n) is 5.49. The Morgan fingerprint density at radius 2 is 2.05 bits per heavy atom. The SMILES string of the molecule is NC1=C(c2cccc(C(F)(F)F)c2)C(=O)C(C=CCl)O1. The maximum atomic E-state index is 12.7. The van der Waals surface area contributed by atoms with Crippen LogP contribution in [-0.4, -0.2) is 11.9 Å². The smallest absolute Gasteiger partial charge is 0.416 e. The van der Waals surface area contributed by atoms with Crippen molar-refractivity contribution >= 4 is 23.0 Å². The van der Waals surface area contributed by atoms with E-state index in [0.717, 1.165) is 17.7 Å². The third-order valence-electron chi connectivity index (χ3n) is 2.73. The predicted molar refractivity (Wildman–Crippen MR) is 67.4 cm³/mol. The largest absolute Gasteiger partial charge is 0.463 e. The number of nitrogens with two attached hydrogens (primary N) is 1. The molecule has 0 fully saturated rings. The topological polar surface area (TPSA) is 52.3 Å². The van der Waals surface area contributed by atoms with Crippen molar-refractivity contribution in [3.05, 3.63) is 52.9 Å². The van der Waals surface area contributed by atoms with Crippen LogP contribution in [0.1, 0.15) is 11.1 Å². The Labute approximate surface area is 117 Å². The zero-order valence-corrected chi connectivity index (χ0v) is 10.7. The molecule has 1 unspecified atom stereocenters. The van der Waals surface area contributed by atoms with Crippen LogP contribution in [0.3, 0.4) is 0 Å². The Bertz CT molecular complexity index is 608. The van der Waals surface area contributed by atoms with Gasteiger partial charge in [0.25, 0.3) is 0 Å². The molecule has 1 heterocycles. The highest BCUT2D eigenvalue weighted by atomic mass is 35.5. The Morgan fingerprint density at radius 3 is 2.65 bits per heavy atom. The molecule has 0 saturated heterocycles. The maximum Gasteiger partial charge on any atom is 0.416 e. The summed E-state index contributed by atoms with van der Waals surface area (Å²) in [6.07, 6.45) is -4.24. The highest BCUT2D eigenvalue weighted by Crippen LogP contribution is 2.33. The summed E-state index contributed by atoms with van der Waals surface area (Å²) in [6, 6.07) is 4.34. The first-order valence-corrected chi connectivity index (χ1v) is 5.93. The number of hydrogen-bond donors (Lipinski definition) is 1. The van der Waals surface area contributed by atoms with E-state index in [1.165, 1.54) is 18.2 Å². The minimum Gasteiger partial charge on any atom is -0.463 e. The lowest BCUT2D eigenvalue weighted by molar-refractivity contribution is -0.137. The Hall–Kier alpha value is -1.95. The second-order valence-electron chi connectivity index (χ2n) is 4.04. The van der Waals surface area contributed by atoms with Gasteiger partial charge in [-0.2, -0.15) is 13.2 Å². The number of hydrogen-bond acceptors (Lipinski definition) is 3. The lowest BCUT2D eigenvalue weighted by Gasteiger charge is -2.08. The molecule has 20 heavy (non-hydrogen) atoms. The summed E-state index contributed by atoms with van der Waals surface area (Å²) in [7, 11) is 0. The summed E-state index contributed by atoms with van der Waals surface area (Å²) < 4.78 is 43.0. The molecule has 0 saturated carbocycles. The van der Waals surface area contributed by atoms with E-state index in [1.54, 1.807) is 0 Å². The number of halogens is 4. The molecule has 2 rings (SSSR count). The van der Waals surface area contributed by atoms with Crippen LogP contribution < -0.4 is 5.73 Å². The summed E-state index contributed by atoms with van der Waals surface area (Å²) in [5, 5.41) is 0. The Morgan fingerprint density at radius 1 is 1.35 bits per heavy atom. The molecule has 1 aromatic rings. The number of ketones is 1. The van der Waals surface area contributed by atoms with E-state index in [-0.39, 0.29) is 17.0 Å². The van der Waals surface area contributed by atoms with Gasteiger partial charge in [0, 0.05) is 5.54 Å². The fraction of sp³-hybridized carbons (Fsp3) is 0.154. The third kappa shape index (κ3) is 2.65. The van der Waals surface area contributed by atoms with E-state index in [2.05, 4.69) is 0 Å². The molecule has 1 aromatic carbocycles. The van der Waals surface area contributed by atoms with Crippen molar-refractivity contribution < 1.29 is 22.7 Å². The van der Waals surface area contributed by atoms with E-state index < -0.39 is 23.6 Å². The predicted octanol–water partition coefficient (Wildman–Crippen LogP) is 3.05.